The minimum Gasteiger partial charge on any atom is -0.497 e. The van der Waals surface area contributed by atoms with Gasteiger partial charge in [-0.3, -0.25) is 4.79 Å². The van der Waals surface area contributed by atoms with Crippen LogP contribution in [0.3, 0.4) is 0 Å². The summed E-state index contributed by atoms with van der Waals surface area (Å²) in [5.74, 6) is 1.03. The fourth-order valence-corrected chi connectivity index (χ4v) is 4.31. The van der Waals surface area contributed by atoms with Gasteiger partial charge in [0.1, 0.15) is 24.1 Å². The van der Waals surface area contributed by atoms with Crippen molar-refractivity contribution < 1.29 is 19.4 Å². The number of ketones is 1. The quantitative estimate of drug-likeness (QED) is 0.294. The smallest absolute Gasteiger partial charge is 0.192 e. The lowest BCUT2D eigenvalue weighted by molar-refractivity contribution is 0.0970. The van der Waals surface area contributed by atoms with Crippen molar-refractivity contribution >= 4 is 23.0 Å². The van der Waals surface area contributed by atoms with Gasteiger partial charge in [0.05, 0.1) is 25.0 Å². The number of Topliss-reactive ketones (excluding diaryl/α,β-unsaturated/α-hetero) is 1. The van der Waals surface area contributed by atoms with Crippen molar-refractivity contribution in [1.29, 1.82) is 0 Å². The van der Waals surface area contributed by atoms with E-state index in [0.717, 1.165) is 16.7 Å². The highest BCUT2D eigenvalue weighted by Gasteiger charge is 2.26. The monoisotopic (exact) mass is 474 g/mol. The van der Waals surface area contributed by atoms with Crippen LogP contribution in [0.4, 0.5) is 5.69 Å². The van der Waals surface area contributed by atoms with Crippen molar-refractivity contribution in [3.05, 3.63) is 94.9 Å². The normalized spacial score (nSPS) is 11.6. The van der Waals surface area contributed by atoms with Crippen LogP contribution in [0.2, 0.25) is 0 Å². The van der Waals surface area contributed by atoms with Gasteiger partial charge in [0.2, 0.25) is 0 Å². The number of benzene rings is 3. The number of aromatic nitrogens is 1. The molecule has 174 valence electrons. The zero-order chi connectivity index (χ0) is 23.9. The van der Waals surface area contributed by atoms with Gasteiger partial charge < -0.3 is 19.9 Å². The van der Waals surface area contributed by atoms with Gasteiger partial charge in [-0.1, -0.05) is 60.2 Å². The molecule has 6 nitrogen and oxygen atoms in total. The maximum Gasteiger partial charge on any atom is 0.192 e. The molecule has 0 amide bonds. The number of carbonyl (C=O) groups is 1. The number of hydrogen-bond donors (Lipinski definition) is 2. The van der Waals surface area contributed by atoms with E-state index in [2.05, 4.69) is 9.69 Å². The van der Waals surface area contributed by atoms with Gasteiger partial charge in [-0.25, -0.2) is 0 Å². The Bertz CT molecular complexity index is 1240. The maximum atomic E-state index is 13.9. The Morgan fingerprint density at radius 2 is 1.79 bits per heavy atom. The molecule has 0 saturated heterocycles. The van der Waals surface area contributed by atoms with Crippen molar-refractivity contribution in [2.75, 3.05) is 25.6 Å². The van der Waals surface area contributed by atoms with Crippen LogP contribution >= 0.6 is 11.5 Å². The van der Waals surface area contributed by atoms with Crippen molar-refractivity contribution in [1.82, 2.24) is 4.37 Å². The molecule has 1 aromatic heterocycles. The summed E-state index contributed by atoms with van der Waals surface area (Å²) >= 11 is 1.27. The van der Waals surface area contributed by atoms with E-state index in [0.29, 0.717) is 28.4 Å². The number of aliphatic hydroxyl groups excluding tert-OH is 1. The van der Waals surface area contributed by atoms with E-state index in [9.17, 15) is 4.79 Å². The number of ether oxygens (including phenoxy) is 2. The Balaban J connectivity index is 1.73. The summed E-state index contributed by atoms with van der Waals surface area (Å²) in [5.41, 5.74) is 4.74. The van der Waals surface area contributed by atoms with Crippen LogP contribution in [0.1, 0.15) is 27.5 Å². The maximum absolute atomic E-state index is 13.9. The molecule has 0 aliphatic carbocycles. The number of carbonyl (C=O) groups excluding carboxylic acids is 1. The molecule has 0 aliphatic rings. The molecule has 4 rings (SSSR count). The summed E-state index contributed by atoms with van der Waals surface area (Å²) in [6.07, 6.45) is 0. The van der Waals surface area contributed by atoms with Crippen molar-refractivity contribution in [2.45, 2.75) is 13.0 Å². The van der Waals surface area contributed by atoms with E-state index < -0.39 is 6.04 Å². The van der Waals surface area contributed by atoms with E-state index in [1.807, 2.05) is 67.6 Å². The first-order valence-corrected chi connectivity index (χ1v) is 11.7. The van der Waals surface area contributed by atoms with E-state index in [1.165, 1.54) is 11.5 Å². The zero-order valence-corrected chi connectivity index (χ0v) is 19.8. The Kier molecular flexibility index (Phi) is 7.57. The van der Waals surface area contributed by atoms with E-state index >= 15 is 0 Å². The lowest BCUT2D eigenvalue weighted by atomic mass is 9.95. The third kappa shape index (κ3) is 5.44. The number of rotatable bonds is 10. The van der Waals surface area contributed by atoms with Crippen molar-refractivity contribution in [2.24, 2.45) is 0 Å². The van der Waals surface area contributed by atoms with Gasteiger partial charge in [0.15, 0.2) is 5.78 Å². The lowest BCUT2D eigenvalue weighted by Gasteiger charge is -2.21. The first-order valence-electron chi connectivity index (χ1n) is 10.9. The molecule has 0 bridgehead atoms. The van der Waals surface area contributed by atoms with E-state index in [1.54, 1.807) is 24.6 Å². The highest BCUT2D eigenvalue weighted by Crippen LogP contribution is 2.33. The van der Waals surface area contributed by atoms with Gasteiger partial charge in [-0.15, -0.1) is 0 Å². The molecule has 0 fully saturated rings. The molecular weight excluding hydrogens is 448 g/mol. The van der Waals surface area contributed by atoms with Gasteiger partial charge in [-0.05, 0) is 24.0 Å². The van der Waals surface area contributed by atoms with Gasteiger partial charge in [0.25, 0.3) is 0 Å². The highest BCUT2D eigenvalue weighted by atomic mass is 32.1. The molecule has 3 aromatic carbocycles. The Morgan fingerprint density at radius 3 is 2.50 bits per heavy atom. The van der Waals surface area contributed by atoms with Crippen LogP contribution in [0.15, 0.2) is 78.2 Å². The first-order chi connectivity index (χ1) is 16.6. The SMILES string of the molecule is COc1cc(NC(C(=O)c2csnc2-c2ccccc2)c2ccc(C)cc2)cc(OCCO)c1. The number of hydrogen-bond acceptors (Lipinski definition) is 7. The predicted octanol–water partition coefficient (Wildman–Crippen LogP) is 5.53. The molecule has 0 spiro atoms. The summed E-state index contributed by atoms with van der Waals surface area (Å²) in [5, 5.41) is 14.3. The molecule has 0 aliphatic heterocycles. The summed E-state index contributed by atoms with van der Waals surface area (Å²) < 4.78 is 15.5. The molecular formula is C27H26N2O4S. The molecule has 2 N–H and O–H groups in total. The average Bonchev–Trinajstić information content (AvgIpc) is 3.37. The number of aryl methyl sites for hydroxylation is 1. The summed E-state index contributed by atoms with van der Waals surface area (Å²) in [6, 6.07) is 22.3. The second-order valence-electron chi connectivity index (χ2n) is 7.76. The van der Waals surface area contributed by atoms with Crippen LogP contribution in [0.25, 0.3) is 11.3 Å². The fraction of sp³-hybridized carbons (Fsp3) is 0.185. The van der Waals surface area contributed by atoms with Crippen LogP contribution in [-0.2, 0) is 0 Å². The van der Waals surface area contributed by atoms with Crippen LogP contribution in [0.5, 0.6) is 11.5 Å². The summed E-state index contributed by atoms with van der Waals surface area (Å²) in [4.78, 5) is 13.9. The van der Waals surface area contributed by atoms with Gasteiger partial charge in [-0.2, -0.15) is 4.37 Å². The Morgan fingerprint density at radius 1 is 1.06 bits per heavy atom. The standard InChI is InChI=1S/C27H26N2O4S/c1-18-8-10-20(11-9-18)26(28-21-14-22(32-2)16-23(15-21)33-13-12-30)27(31)24-17-34-29-25(24)19-6-4-3-5-7-19/h3-11,14-17,26,28,30H,12-13H2,1-2H3. The molecule has 1 unspecified atom stereocenters. The average molecular weight is 475 g/mol. The Hall–Kier alpha value is -3.68. The highest BCUT2D eigenvalue weighted by molar-refractivity contribution is 7.04. The van der Waals surface area contributed by atoms with Crippen molar-refractivity contribution in [3.63, 3.8) is 0 Å². The largest absolute Gasteiger partial charge is 0.497 e. The van der Waals surface area contributed by atoms with E-state index in [-0.39, 0.29) is 19.0 Å². The zero-order valence-electron chi connectivity index (χ0n) is 19.0. The molecule has 1 atom stereocenters. The van der Waals surface area contributed by atoms with Crippen LogP contribution in [-0.4, -0.2) is 35.6 Å². The number of nitrogens with zero attached hydrogens (tertiary/aromatic N) is 1. The molecule has 7 heteroatoms. The second-order valence-corrected chi connectivity index (χ2v) is 8.39. The Labute approximate surface area is 203 Å². The lowest BCUT2D eigenvalue weighted by Crippen LogP contribution is -2.21. The van der Waals surface area contributed by atoms with Gasteiger partial charge in [0, 0.05) is 34.8 Å². The fourth-order valence-electron chi connectivity index (χ4n) is 3.62. The second kappa shape index (κ2) is 11.0. The van der Waals surface area contributed by atoms with Crippen LogP contribution in [0, 0.1) is 6.92 Å². The number of nitrogens with one attached hydrogen (secondary N) is 1. The third-order valence-electron chi connectivity index (χ3n) is 5.34. The third-order valence-corrected chi connectivity index (χ3v) is 5.97. The van der Waals surface area contributed by atoms with E-state index in [4.69, 9.17) is 14.6 Å². The number of methoxy groups -OCH3 is 1. The molecule has 0 radical (unpaired) electrons. The van der Waals surface area contributed by atoms with Gasteiger partial charge >= 0.3 is 0 Å². The predicted molar refractivity (Wildman–Crippen MR) is 135 cm³/mol. The molecule has 4 aromatic rings. The van der Waals surface area contributed by atoms with Crippen LogP contribution < -0.4 is 14.8 Å². The molecule has 34 heavy (non-hydrogen) atoms. The molecule has 0 saturated carbocycles. The number of anilines is 1. The van der Waals surface area contributed by atoms with Crippen molar-refractivity contribution in [3.8, 4) is 22.8 Å². The number of aliphatic hydroxyl groups is 1. The summed E-state index contributed by atoms with van der Waals surface area (Å²) in [6.45, 7) is 2.07. The topological polar surface area (TPSA) is 80.7 Å². The minimum absolute atomic E-state index is 0.0860. The molecule has 1 heterocycles. The minimum atomic E-state index is -0.655. The first kappa shape index (κ1) is 23.5. The summed E-state index contributed by atoms with van der Waals surface area (Å²) in [7, 11) is 1.57.